The standard InChI is InChI=1S/C21H20N4OS/c1-3-14-5-7-15(8-6-14)24-18(26)11-27-21-20-19(22-12-23-21)16-10-13(2)4-9-17(16)25-20/h4-10,12,25H,3,11H2,1-2H3,(H,24,26). The molecule has 0 fully saturated rings. The molecule has 136 valence electrons. The van der Waals surface area contributed by atoms with Crippen LogP contribution in [0.3, 0.4) is 0 Å². The normalized spacial score (nSPS) is 11.2. The molecule has 2 heterocycles. The zero-order chi connectivity index (χ0) is 18.8. The number of H-pyrrole nitrogens is 1. The van der Waals surface area contributed by atoms with Gasteiger partial charge in [-0.3, -0.25) is 4.79 Å². The van der Waals surface area contributed by atoms with Crippen molar-refractivity contribution in [2.75, 3.05) is 11.1 Å². The van der Waals surface area contributed by atoms with Crippen molar-refractivity contribution in [3.63, 3.8) is 0 Å². The summed E-state index contributed by atoms with van der Waals surface area (Å²) in [5.74, 6) is 0.235. The molecule has 0 spiro atoms. The summed E-state index contributed by atoms with van der Waals surface area (Å²) in [4.78, 5) is 24.5. The van der Waals surface area contributed by atoms with Crippen LogP contribution >= 0.6 is 11.8 Å². The molecule has 2 aromatic heterocycles. The van der Waals surface area contributed by atoms with E-state index >= 15 is 0 Å². The van der Waals surface area contributed by atoms with Crippen LogP contribution in [0.15, 0.2) is 53.8 Å². The molecule has 0 unspecified atom stereocenters. The quantitative estimate of drug-likeness (QED) is 0.391. The first-order valence-electron chi connectivity index (χ1n) is 8.88. The Morgan fingerprint density at radius 3 is 2.74 bits per heavy atom. The average Bonchev–Trinajstić information content (AvgIpc) is 3.05. The van der Waals surface area contributed by atoms with Gasteiger partial charge in [-0.15, -0.1) is 0 Å². The van der Waals surface area contributed by atoms with Gasteiger partial charge in [0.05, 0.1) is 11.3 Å². The summed E-state index contributed by atoms with van der Waals surface area (Å²) in [6.07, 6.45) is 2.54. The summed E-state index contributed by atoms with van der Waals surface area (Å²) in [6.45, 7) is 4.17. The Morgan fingerprint density at radius 2 is 1.96 bits per heavy atom. The van der Waals surface area contributed by atoms with Crippen LogP contribution in [0.1, 0.15) is 18.1 Å². The van der Waals surface area contributed by atoms with E-state index in [1.165, 1.54) is 22.9 Å². The first-order valence-corrected chi connectivity index (χ1v) is 9.87. The van der Waals surface area contributed by atoms with Gasteiger partial charge in [-0.25, -0.2) is 9.97 Å². The van der Waals surface area contributed by atoms with E-state index in [9.17, 15) is 4.79 Å². The van der Waals surface area contributed by atoms with Crippen LogP contribution in [0.4, 0.5) is 5.69 Å². The van der Waals surface area contributed by atoms with E-state index in [1.807, 2.05) is 30.3 Å². The van der Waals surface area contributed by atoms with Gasteiger partial charge in [0, 0.05) is 16.6 Å². The number of hydrogen-bond acceptors (Lipinski definition) is 4. The lowest BCUT2D eigenvalue weighted by atomic mass is 10.1. The van der Waals surface area contributed by atoms with Crippen molar-refractivity contribution in [2.45, 2.75) is 25.3 Å². The lowest BCUT2D eigenvalue weighted by Gasteiger charge is -2.06. The predicted molar refractivity (Wildman–Crippen MR) is 111 cm³/mol. The van der Waals surface area contributed by atoms with Gasteiger partial charge in [-0.2, -0.15) is 0 Å². The lowest BCUT2D eigenvalue weighted by molar-refractivity contribution is -0.113. The average molecular weight is 376 g/mol. The number of aromatic amines is 1. The number of benzene rings is 2. The highest BCUT2D eigenvalue weighted by Gasteiger charge is 2.13. The van der Waals surface area contributed by atoms with Gasteiger partial charge in [0.15, 0.2) is 0 Å². The molecule has 5 nitrogen and oxygen atoms in total. The molecule has 2 N–H and O–H groups in total. The van der Waals surface area contributed by atoms with Crippen LogP contribution < -0.4 is 5.32 Å². The molecular formula is C21H20N4OS. The number of carbonyl (C=O) groups is 1. The highest BCUT2D eigenvalue weighted by atomic mass is 32.2. The number of hydrogen-bond donors (Lipinski definition) is 2. The van der Waals surface area contributed by atoms with Gasteiger partial charge >= 0.3 is 0 Å². The number of nitrogens with one attached hydrogen (secondary N) is 2. The molecule has 4 rings (SSSR count). The van der Waals surface area contributed by atoms with Gasteiger partial charge < -0.3 is 10.3 Å². The van der Waals surface area contributed by atoms with Crippen LogP contribution in [0.5, 0.6) is 0 Å². The molecule has 6 heteroatoms. The van der Waals surface area contributed by atoms with E-state index in [4.69, 9.17) is 0 Å². The zero-order valence-corrected chi connectivity index (χ0v) is 16.1. The number of aryl methyl sites for hydroxylation is 2. The molecule has 0 aliphatic heterocycles. The number of thioether (sulfide) groups is 1. The van der Waals surface area contributed by atoms with Gasteiger partial charge in [0.1, 0.15) is 16.9 Å². The molecule has 0 radical (unpaired) electrons. The second-order valence-corrected chi connectivity index (χ2v) is 7.43. The van der Waals surface area contributed by atoms with E-state index < -0.39 is 0 Å². The monoisotopic (exact) mass is 376 g/mol. The van der Waals surface area contributed by atoms with Crippen molar-refractivity contribution in [3.05, 3.63) is 59.9 Å². The van der Waals surface area contributed by atoms with Gasteiger partial charge in [0.2, 0.25) is 5.91 Å². The van der Waals surface area contributed by atoms with Crippen molar-refractivity contribution in [1.82, 2.24) is 15.0 Å². The van der Waals surface area contributed by atoms with Gasteiger partial charge in [-0.1, -0.05) is 42.4 Å². The molecule has 4 aromatic rings. The molecule has 0 saturated heterocycles. The van der Waals surface area contributed by atoms with Gasteiger partial charge in [0.25, 0.3) is 0 Å². The molecule has 0 saturated carbocycles. The smallest absolute Gasteiger partial charge is 0.234 e. The number of fused-ring (bicyclic) bond motifs is 3. The van der Waals surface area contributed by atoms with Crippen LogP contribution in [-0.2, 0) is 11.2 Å². The summed E-state index contributed by atoms with van der Waals surface area (Å²) < 4.78 is 0. The third kappa shape index (κ3) is 3.66. The fourth-order valence-electron chi connectivity index (χ4n) is 3.05. The Labute approximate surface area is 161 Å². The number of amides is 1. The van der Waals surface area contributed by atoms with Crippen molar-refractivity contribution in [1.29, 1.82) is 0 Å². The van der Waals surface area contributed by atoms with Crippen molar-refractivity contribution in [2.24, 2.45) is 0 Å². The molecule has 0 atom stereocenters. The Bertz CT molecular complexity index is 1120. The number of nitrogens with zero attached hydrogens (tertiary/aromatic N) is 2. The number of rotatable bonds is 5. The van der Waals surface area contributed by atoms with Crippen LogP contribution in [0.25, 0.3) is 21.9 Å². The van der Waals surface area contributed by atoms with E-state index in [1.54, 1.807) is 6.33 Å². The molecule has 1 amide bonds. The highest BCUT2D eigenvalue weighted by Crippen LogP contribution is 2.30. The van der Waals surface area contributed by atoms with Crippen LogP contribution in [0, 0.1) is 6.92 Å². The lowest BCUT2D eigenvalue weighted by Crippen LogP contribution is -2.14. The summed E-state index contributed by atoms with van der Waals surface area (Å²) in [7, 11) is 0. The largest absolute Gasteiger partial charge is 0.351 e. The van der Waals surface area contributed by atoms with Crippen molar-refractivity contribution < 1.29 is 4.79 Å². The molecule has 2 aromatic carbocycles. The molecule has 0 aliphatic carbocycles. The van der Waals surface area contributed by atoms with Crippen LogP contribution in [0.2, 0.25) is 0 Å². The van der Waals surface area contributed by atoms with Crippen LogP contribution in [-0.4, -0.2) is 26.6 Å². The second kappa shape index (κ2) is 7.40. The van der Waals surface area contributed by atoms with E-state index in [0.717, 1.165) is 39.1 Å². The fraction of sp³-hybridized carbons (Fsp3) is 0.190. The topological polar surface area (TPSA) is 70.7 Å². The predicted octanol–water partition coefficient (Wildman–Crippen LogP) is 4.71. The summed E-state index contributed by atoms with van der Waals surface area (Å²) in [5, 5.41) is 4.79. The molecule has 0 aliphatic rings. The summed E-state index contributed by atoms with van der Waals surface area (Å²) in [5.41, 5.74) is 6.04. The minimum Gasteiger partial charge on any atom is -0.351 e. The minimum atomic E-state index is -0.0528. The summed E-state index contributed by atoms with van der Waals surface area (Å²) >= 11 is 1.41. The maximum atomic E-state index is 12.3. The Hall–Kier alpha value is -2.86. The highest BCUT2D eigenvalue weighted by molar-refractivity contribution is 8.00. The summed E-state index contributed by atoms with van der Waals surface area (Å²) in [6, 6.07) is 14.2. The third-order valence-corrected chi connectivity index (χ3v) is 5.48. The number of aromatic nitrogens is 3. The Morgan fingerprint density at radius 1 is 1.15 bits per heavy atom. The van der Waals surface area contributed by atoms with Gasteiger partial charge in [-0.05, 0) is 43.2 Å². The fourth-order valence-corrected chi connectivity index (χ4v) is 3.80. The maximum Gasteiger partial charge on any atom is 0.234 e. The third-order valence-electron chi connectivity index (χ3n) is 4.49. The second-order valence-electron chi connectivity index (χ2n) is 6.46. The van der Waals surface area contributed by atoms with E-state index in [0.29, 0.717) is 0 Å². The minimum absolute atomic E-state index is 0.0528. The zero-order valence-electron chi connectivity index (χ0n) is 15.2. The number of carbonyl (C=O) groups excluding carboxylic acids is 1. The molecule has 0 bridgehead atoms. The maximum absolute atomic E-state index is 12.3. The first kappa shape index (κ1) is 17.5. The van der Waals surface area contributed by atoms with E-state index in [2.05, 4.69) is 46.2 Å². The molecule has 27 heavy (non-hydrogen) atoms. The number of anilines is 1. The first-order chi connectivity index (χ1) is 13.1. The Balaban J connectivity index is 1.51. The Kier molecular flexibility index (Phi) is 4.81. The molecular weight excluding hydrogens is 356 g/mol. The van der Waals surface area contributed by atoms with Crippen molar-refractivity contribution in [3.8, 4) is 0 Å². The SMILES string of the molecule is CCc1ccc(NC(=O)CSc2ncnc3c2[nH]c2ccc(C)cc23)cc1. The van der Waals surface area contributed by atoms with E-state index in [-0.39, 0.29) is 11.7 Å². The van der Waals surface area contributed by atoms with Crippen molar-refractivity contribution >= 4 is 45.3 Å².